The standard InChI is InChI=1S/C10H10ClFN2/c1-2-7(14-13)6-8-9(11)4-3-5-10(8)12/h1,3-5,7,14H,6,13H2. The molecule has 1 aromatic rings. The topological polar surface area (TPSA) is 38.0 Å². The Kier molecular flexibility index (Phi) is 3.90. The predicted octanol–water partition coefficient (Wildman–Crippen LogP) is 1.49. The average Bonchev–Trinajstić information content (AvgIpc) is 2.18. The van der Waals surface area contributed by atoms with E-state index in [2.05, 4.69) is 11.3 Å². The van der Waals surface area contributed by atoms with Crippen LogP contribution in [0.25, 0.3) is 0 Å². The fraction of sp³-hybridized carbons (Fsp3) is 0.200. The Balaban J connectivity index is 2.91. The summed E-state index contributed by atoms with van der Waals surface area (Å²) in [4.78, 5) is 0. The third-order valence-corrected chi connectivity index (χ3v) is 2.23. The molecule has 0 spiro atoms. The van der Waals surface area contributed by atoms with Gasteiger partial charge in [0.1, 0.15) is 5.82 Å². The normalized spacial score (nSPS) is 12.1. The minimum absolute atomic E-state index is 0.276. The van der Waals surface area contributed by atoms with Crippen LogP contribution in [-0.2, 0) is 6.42 Å². The van der Waals surface area contributed by atoms with Crippen molar-refractivity contribution in [1.82, 2.24) is 5.43 Å². The zero-order chi connectivity index (χ0) is 10.6. The van der Waals surface area contributed by atoms with Crippen molar-refractivity contribution in [3.05, 3.63) is 34.6 Å². The molecule has 74 valence electrons. The zero-order valence-electron chi connectivity index (χ0n) is 7.43. The molecular weight excluding hydrogens is 203 g/mol. The van der Waals surface area contributed by atoms with Gasteiger partial charge in [-0.1, -0.05) is 23.6 Å². The van der Waals surface area contributed by atoms with Gasteiger partial charge in [-0.3, -0.25) is 5.84 Å². The maximum absolute atomic E-state index is 13.3. The number of halogens is 2. The van der Waals surface area contributed by atoms with E-state index in [1.165, 1.54) is 6.07 Å². The third kappa shape index (κ3) is 2.46. The first-order chi connectivity index (χ1) is 6.69. The van der Waals surface area contributed by atoms with E-state index in [1.54, 1.807) is 12.1 Å². The molecule has 3 N–H and O–H groups in total. The number of rotatable bonds is 3. The summed E-state index contributed by atoms with van der Waals surface area (Å²) in [6.45, 7) is 0. The zero-order valence-corrected chi connectivity index (χ0v) is 8.18. The molecule has 0 heterocycles. The first kappa shape index (κ1) is 11.0. The van der Waals surface area contributed by atoms with Gasteiger partial charge in [0.05, 0.1) is 6.04 Å². The van der Waals surface area contributed by atoms with Gasteiger partial charge in [-0.15, -0.1) is 6.42 Å². The lowest BCUT2D eigenvalue weighted by molar-refractivity contribution is 0.578. The molecule has 0 fully saturated rings. The molecule has 0 aromatic heterocycles. The molecule has 2 nitrogen and oxygen atoms in total. The van der Waals surface area contributed by atoms with Gasteiger partial charge in [0.2, 0.25) is 0 Å². The Morgan fingerprint density at radius 3 is 2.86 bits per heavy atom. The molecule has 0 aliphatic heterocycles. The van der Waals surface area contributed by atoms with Crippen molar-refractivity contribution in [2.24, 2.45) is 5.84 Å². The van der Waals surface area contributed by atoms with Crippen molar-refractivity contribution < 1.29 is 4.39 Å². The van der Waals surface area contributed by atoms with Crippen molar-refractivity contribution in [1.29, 1.82) is 0 Å². The van der Waals surface area contributed by atoms with Gasteiger partial charge in [-0.25, -0.2) is 9.82 Å². The number of hydrogen-bond donors (Lipinski definition) is 2. The van der Waals surface area contributed by atoms with Crippen LogP contribution in [0.4, 0.5) is 4.39 Å². The molecule has 0 radical (unpaired) electrons. The highest BCUT2D eigenvalue weighted by molar-refractivity contribution is 6.31. The second kappa shape index (κ2) is 4.97. The highest BCUT2D eigenvalue weighted by Crippen LogP contribution is 2.20. The Morgan fingerprint density at radius 1 is 1.64 bits per heavy atom. The smallest absolute Gasteiger partial charge is 0.127 e. The number of terminal acetylenes is 1. The fourth-order valence-corrected chi connectivity index (χ4v) is 1.34. The minimum Gasteiger partial charge on any atom is -0.270 e. The molecule has 0 bridgehead atoms. The summed E-state index contributed by atoms with van der Waals surface area (Å²) in [7, 11) is 0. The van der Waals surface area contributed by atoms with Crippen molar-refractivity contribution >= 4 is 11.6 Å². The second-order valence-corrected chi connectivity index (χ2v) is 3.20. The molecule has 1 rings (SSSR count). The molecule has 0 aliphatic carbocycles. The maximum atomic E-state index is 13.3. The SMILES string of the molecule is C#CC(Cc1c(F)cccc1Cl)NN. The van der Waals surface area contributed by atoms with E-state index in [4.69, 9.17) is 23.9 Å². The molecule has 0 saturated carbocycles. The summed E-state index contributed by atoms with van der Waals surface area (Å²) in [5.74, 6) is 7.20. The van der Waals surface area contributed by atoms with Gasteiger partial charge in [-0.2, -0.15) is 0 Å². The van der Waals surface area contributed by atoms with E-state index in [0.717, 1.165) is 0 Å². The molecule has 0 amide bonds. The van der Waals surface area contributed by atoms with Crippen LogP contribution in [0.2, 0.25) is 5.02 Å². The van der Waals surface area contributed by atoms with Crippen LogP contribution < -0.4 is 11.3 Å². The van der Waals surface area contributed by atoms with Gasteiger partial charge in [0, 0.05) is 17.0 Å². The van der Waals surface area contributed by atoms with Gasteiger partial charge in [-0.05, 0) is 12.1 Å². The van der Waals surface area contributed by atoms with E-state index < -0.39 is 6.04 Å². The molecule has 14 heavy (non-hydrogen) atoms. The lowest BCUT2D eigenvalue weighted by atomic mass is 10.1. The number of nitrogens with one attached hydrogen (secondary N) is 1. The molecule has 4 heteroatoms. The number of nitrogens with two attached hydrogens (primary N) is 1. The predicted molar refractivity (Wildman–Crippen MR) is 55.1 cm³/mol. The Bertz CT molecular complexity index is 339. The quantitative estimate of drug-likeness (QED) is 0.453. The van der Waals surface area contributed by atoms with E-state index in [-0.39, 0.29) is 12.2 Å². The first-order valence-corrected chi connectivity index (χ1v) is 4.42. The summed E-state index contributed by atoms with van der Waals surface area (Å²) in [5.41, 5.74) is 2.78. The molecule has 1 aromatic carbocycles. The van der Waals surface area contributed by atoms with Crippen molar-refractivity contribution in [2.45, 2.75) is 12.5 Å². The highest BCUT2D eigenvalue weighted by Gasteiger charge is 2.11. The fourth-order valence-electron chi connectivity index (χ4n) is 1.10. The minimum atomic E-state index is -0.413. The highest BCUT2D eigenvalue weighted by atomic mass is 35.5. The van der Waals surface area contributed by atoms with E-state index >= 15 is 0 Å². The summed E-state index contributed by atoms with van der Waals surface area (Å²) >= 11 is 5.81. The largest absolute Gasteiger partial charge is 0.270 e. The van der Waals surface area contributed by atoms with E-state index in [0.29, 0.717) is 10.6 Å². The summed E-state index contributed by atoms with van der Waals surface area (Å²) in [6.07, 6.45) is 5.45. The maximum Gasteiger partial charge on any atom is 0.127 e. The van der Waals surface area contributed by atoms with Crippen LogP contribution in [0.3, 0.4) is 0 Å². The van der Waals surface area contributed by atoms with Crippen molar-refractivity contribution in [3.8, 4) is 12.3 Å². The number of hydrogen-bond acceptors (Lipinski definition) is 2. The molecule has 0 saturated heterocycles. The summed E-state index contributed by atoms with van der Waals surface area (Å²) < 4.78 is 13.3. The van der Waals surface area contributed by atoms with E-state index in [1.807, 2.05) is 0 Å². The molecule has 1 atom stereocenters. The van der Waals surface area contributed by atoms with Crippen LogP contribution in [0.15, 0.2) is 18.2 Å². The average molecular weight is 213 g/mol. The van der Waals surface area contributed by atoms with Crippen LogP contribution in [0, 0.1) is 18.2 Å². The van der Waals surface area contributed by atoms with Gasteiger partial charge < -0.3 is 0 Å². The number of benzene rings is 1. The van der Waals surface area contributed by atoms with Crippen LogP contribution in [-0.4, -0.2) is 6.04 Å². The lowest BCUT2D eigenvalue weighted by Gasteiger charge is -2.10. The lowest BCUT2D eigenvalue weighted by Crippen LogP contribution is -2.35. The molecular formula is C10H10ClFN2. The monoisotopic (exact) mass is 212 g/mol. The van der Waals surface area contributed by atoms with Crippen LogP contribution >= 0.6 is 11.6 Å². The third-order valence-electron chi connectivity index (χ3n) is 1.87. The van der Waals surface area contributed by atoms with Gasteiger partial charge in [0.15, 0.2) is 0 Å². The van der Waals surface area contributed by atoms with Crippen molar-refractivity contribution in [2.75, 3.05) is 0 Å². The van der Waals surface area contributed by atoms with E-state index in [9.17, 15) is 4.39 Å². The number of hydrazine groups is 1. The Morgan fingerprint density at radius 2 is 2.36 bits per heavy atom. The second-order valence-electron chi connectivity index (χ2n) is 2.79. The first-order valence-electron chi connectivity index (χ1n) is 4.04. The van der Waals surface area contributed by atoms with Gasteiger partial charge >= 0.3 is 0 Å². The molecule has 0 aliphatic rings. The Hall–Kier alpha value is -1.08. The Labute approximate surface area is 87.2 Å². The van der Waals surface area contributed by atoms with Crippen LogP contribution in [0.1, 0.15) is 5.56 Å². The van der Waals surface area contributed by atoms with Gasteiger partial charge in [0.25, 0.3) is 0 Å². The summed E-state index contributed by atoms with van der Waals surface area (Å²) in [5, 5.41) is 0.362. The molecule has 1 unspecified atom stereocenters. The van der Waals surface area contributed by atoms with Crippen molar-refractivity contribution in [3.63, 3.8) is 0 Å². The van der Waals surface area contributed by atoms with Crippen LogP contribution in [0.5, 0.6) is 0 Å². The summed E-state index contributed by atoms with van der Waals surface area (Å²) in [6, 6.07) is 4.08.